The molecule has 0 aromatic heterocycles. The largest absolute Gasteiger partial charge is 0.490 e. The number of carboxylic acid groups (broad SMARTS) is 2. The van der Waals surface area contributed by atoms with Crippen molar-refractivity contribution in [3.8, 4) is 0 Å². The molecule has 0 spiro atoms. The Balaban J connectivity index is 0.000000360. The average molecular weight is 265 g/mol. The lowest BCUT2D eigenvalue weighted by Gasteiger charge is -1.97. The van der Waals surface area contributed by atoms with Gasteiger partial charge in [0, 0.05) is 6.54 Å². The van der Waals surface area contributed by atoms with Gasteiger partial charge >= 0.3 is 18.1 Å². The number of carbonyl (C=O) groups is 2. The highest BCUT2D eigenvalue weighted by Crippen LogP contribution is 2.13. The second-order valence-electron chi connectivity index (χ2n) is 3.01. The molecule has 5 nitrogen and oxygen atoms in total. The summed E-state index contributed by atoms with van der Waals surface area (Å²) in [5.41, 5.74) is 6.45. The van der Waals surface area contributed by atoms with Gasteiger partial charge in [-0.3, -0.25) is 0 Å². The monoisotopic (exact) mass is 265 g/mol. The SMILES string of the molecule is NCc1cccc(C(=O)O)c1.O=C(O)C(F)(F)F. The molecule has 0 unspecified atom stereocenters. The van der Waals surface area contributed by atoms with Crippen LogP contribution < -0.4 is 5.73 Å². The van der Waals surface area contributed by atoms with Gasteiger partial charge in [-0.05, 0) is 17.7 Å². The quantitative estimate of drug-likeness (QED) is 0.751. The minimum Gasteiger partial charge on any atom is -0.478 e. The van der Waals surface area contributed by atoms with Crippen molar-refractivity contribution in [1.29, 1.82) is 0 Å². The fourth-order valence-corrected chi connectivity index (χ4v) is 0.831. The highest BCUT2D eigenvalue weighted by molar-refractivity contribution is 5.87. The maximum absolute atomic E-state index is 10.6. The Labute approximate surface area is 99.6 Å². The van der Waals surface area contributed by atoms with Crippen molar-refractivity contribution < 1.29 is 33.0 Å². The van der Waals surface area contributed by atoms with Gasteiger partial charge in [0.05, 0.1) is 5.56 Å². The second kappa shape index (κ2) is 6.60. The first kappa shape index (κ1) is 15.9. The molecule has 0 aliphatic rings. The van der Waals surface area contributed by atoms with Crippen LogP contribution in [0.3, 0.4) is 0 Å². The van der Waals surface area contributed by atoms with E-state index in [0.717, 1.165) is 5.56 Å². The summed E-state index contributed by atoms with van der Waals surface area (Å²) < 4.78 is 31.7. The van der Waals surface area contributed by atoms with Crippen LogP contribution >= 0.6 is 0 Å². The van der Waals surface area contributed by atoms with Gasteiger partial charge < -0.3 is 15.9 Å². The Morgan fingerprint density at radius 1 is 1.22 bits per heavy atom. The molecule has 0 radical (unpaired) electrons. The minimum atomic E-state index is -5.08. The molecule has 100 valence electrons. The van der Waals surface area contributed by atoms with E-state index in [0.29, 0.717) is 6.54 Å². The van der Waals surface area contributed by atoms with Gasteiger partial charge in [-0.25, -0.2) is 9.59 Å². The van der Waals surface area contributed by atoms with Crippen LogP contribution in [0.25, 0.3) is 0 Å². The van der Waals surface area contributed by atoms with Gasteiger partial charge in [0.25, 0.3) is 0 Å². The van der Waals surface area contributed by atoms with Crippen molar-refractivity contribution >= 4 is 11.9 Å². The van der Waals surface area contributed by atoms with E-state index in [-0.39, 0.29) is 5.56 Å². The number of benzene rings is 1. The number of carboxylic acids is 2. The third-order valence-corrected chi connectivity index (χ3v) is 1.65. The first-order valence-corrected chi connectivity index (χ1v) is 4.51. The van der Waals surface area contributed by atoms with Crippen LogP contribution in [-0.4, -0.2) is 28.3 Å². The minimum absolute atomic E-state index is 0.285. The van der Waals surface area contributed by atoms with E-state index in [1.165, 1.54) is 0 Å². The van der Waals surface area contributed by atoms with Gasteiger partial charge in [0.2, 0.25) is 0 Å². The molecule has 0 amide bonds. The Morgan fingerprint density at radius 2 is 1.72 bits per heavy atom. The summed E-state index contributed by atoms with van der Waals surface area (Å²) in [6.07, 6.45) is -5.08. The number of aliphatic carboxylic acids is 1. The lowest BCUT2D eigenvalue weighted by Crippen LogP contribution is -2.21. The number of aromatic carboxylic acids is 1. The topological polar surface area (TPSA) is 101 Å². The fraction of sp³-hybridized carbons (Fsp3) is 0.200. The van der Waals surface area contributed by atoms with Gasteiger partial charge in [-0.15, -0.1) is 0 Å². The molecule has 1 aromatic carbocycles. The number of rotatable bonds is 2. The summed E-state index contributed by atoms with van der Waals surface area (Å²) in [4.78, 5) is 19.3. The molecule has 0 fully saturated rings. The first-order valence-electron chi connectivity index (χ1n) is 4.51. The average Bonchev–Trinajstić information content (AvgIpc) is 2.28. The normalized spacial score (nSPS) is 10.2. The van der Waals surface area contributed by atoms with Crippen LogP contribution in [0.5, 0.6) is 0 Å². The lowest BCUT2D eigenvalue weighted by molar-refractivity contribution is -0.192. The summed E-state index contributed by atoms with van der Waals surface area (Å²) in [7, 11) is 0. The fourth-order valence-electron chi connectivity index (χ4n) is 0.831. The van der Waals surface area contributed by atoms with Crippen molar-refractivity contribution in [2.75, 3.05) is 0 Å². The predicted octanol–water partition coefficient (Wildman–Crippen LogP) is 1.48. The number of hydrogen-bond donors (Lipinski definition) is 3. The number of hydrogen-bond acceptors (Lipinski definition) is 3. The van der Waals surface area contributed by atoms with E-state index >= 15 is 0 Å². The van der Waals surface area contributed by atoms with E-state index in [9.17, 15) is 18.0 Å². The molecule has 0 aliphatic carbocycles. The third-order valence-electron chi connectivity index (χ3n) is 1.65. The van der Waals surface area contributed by atoms with Crippen molar-refractivity contribution in [3.05, 3.63) is 35.4 Å². The standard InChI is InChI=1S/C8H9NO2.C2HF3O2/c9-5-6-2-1-3-7(4-6)8(10)11;3-2(4,5)1(6)7/h1-4H,5,9H2,(H,10,11);(H,6,7). The van der Waals surface area contributed by atoms with Gasteiger partial charge in [0.1, 0.15) is 0 Å². The van der Waals surface area contributed by atoms with E-state index in [1.807, 2.05) is 0 Å². The molecule has 8 heteroatoms. The molecule has 0 saturated heterocycles. The van der Waals surface area contributed by atoms with E-state index in [1.54, 1.807) is 24.3 Å². The van der Waals surface area contributed by atoms with Crippen molar-refractivity contribution in [1.82, 2.24) is 0 Å². The van der Waals surface area contributed by atoms with Gasteiger partial charge in [0.15, 0.2) is 0 Å². The van der Waals surface area contributed by atoms with Crippen LogP contribution in [0.1, 0.15) is 15.9 Å². The number of alkyl halides is 3. The van der Waals surface area contributed by atoms with Crippen LogP contribution in [-0.2, 0) is 11.3 Å². The molecule has 0 aliphatic heterocycles. The Hall–Kier alpha value is -2.09. The van der Waals surface area contributed by atoms with Crippen LogP contribution in [0.4, 0.5) is 13.2 Å². The molecule has 18 heavy (non-hydrogen) atoms. The van der Waals surface area contributed by atoms with Crippen LogP contribution in [0, 0.1) is 0 Å². The Morgan fingerprint density at radius 3 is 2.06 bits per heavy atom. The van der Waals surface area contributed by atoms with Crippen molar-refractivity contribution in [2.45, 2.75) is 12.7 Å². The zero-order valence-electron chi connectivity index (χ0n) is 8.94. The van der Waals surface area contributed by atoms with Gasteiger partial charge in [-0.2, -0.15) is 13.2 Å². The molecule has 4 N–H and O–H groups in total. The molecule has 0 atom stereocenters. The van der Waals surface area contributed by atoms with E-state index < -0.39 is 18.1 Å². The van der Waals surface area contributed by atoms with E-state index in [4.69, 9.17) is 20.7 Å². The van der Waals surface area contributed by atoms with Gasteiger partial charge in [-0.1, -0.05) is 12.1 Å². The Kier molecular flexibility index (Phi) is 5.83. The molecule has 1 rings (SSSR count). The summed E-state index contributed by atoms with van der Waals surface area (Å²) >= 11 is 0. The first-order chi connectivity index (χ1) is 8.18. The molecule has 0 heterocycles. The summed E-state index contributed by atoms with van der Waals surface area (Å²) in [6, 6.07) is 6.60. The van der Waals surface area contributed by atoms with Crippen LogP contribution in [0.2, 0.25) is 0 Å². The van der Waals surface area contributed by atoms with Crippen LogP contribution in [0.15, 0.2) is 24.3 Å². The molecular weight excluding hydrogens is 255 g/mol. The summed E-state index contributed by atoms with van der Waals surface area (Å²) in [5, 5.41) is 15.7. The highest BCUT2D eigenvalue weighted by Gasteiger charge is 2.38. The molecule has 0 saturated carbocycles. The summed E-state index contributed by atoms with van der Waals surface area (Å²) in [6.45, 7) is 0.376. The zero-order chi connectivity index (χ0) is 14.3. The molecular formula is C10H10F3NO4. The maximum atomic E-state index is 10.6. The number of nitrogens with two attached hydrogens (primary N) is 1. The van der Waals surface area contributed by atoms with Crippen molar-refractivity contribution in [2.24, 2.45) is 5.73 Å². The summed E-state index contributed by atoms with van der Waals surface area (Å²) in [5.74, 6) is -3.67. The zero-order valence-corrected chi connectivity index (χ0v) is 8.94. The lowest BCUT2D eigenvalue weighted by atomic mass is 10.1. The maximum Gasteiger partial charge on any atom is 0.490 e. The highest BCUT2D eigenvalue weighted by atomic mass is 19.4. The Bertz CT molecular complexity index is 431. The van der Waals surface area contributed by atoms with Crippen molar-refractivity contribution in [3.63, 3.8) is 0 Å². The second-order valence-corrected chi connectivity index (χ2v) is 3.01. The smallest absolute Gasteiger partial charge is 0.478 e. The van der Waals surface area contributed by atoms with E-state index in [2.05, 4.69) is 0 Å². The third kappa shape index (κ3) is 5.85. The molecule has 0 bridgehead atoms. The predicted molar refractivity (Wildman–Crippen MR) is 55.0 cm³/mol. The molecule has 1 aromatic rings. The number of halogens is 3.